The molecule has 0 unspecified atom stereocenters. The molecule has 2 heterocycles. The van der Waals surface area contributed by atoms with Crippen molar-refractivity contribution < 1.29 is 18.6 Å². The monoisotopic (exact) mass is 374 g/mol. The minimum Gasteiger partial charge on any atom is -0.508 e. The van der Waals surface area contributed by atoms with Crippen LogP contribution in [0.3, 0.4) is 0 Å². The first-order chi connectivity index (χ1) is 12.5. The van der Waals surface area contributed by atoms with Crippen LogP contribution < -0.4 is 4.74 Å². The predicted octanol–water partition coefficient (Wildman–Crippen LogP) is 4.45. The number of hydrogen-bond acceptors (Lipinski definition) is 5. The fourth-order valence-electron chi connectivity index (χ4n) is 2.40. The van der Waals surface area contributed by atoms with Crippen molar-refractivity contribution in [3.8, 4) is 28.8 Å². The Labute approximate surface area is 150 Å². The second-order valence-corrected chi connectivity index (χ2v) is 5.74. The molecule has 2 aromatic heterocycles. The molecule has 0 radical (unpaired) electrons. The molecule has 0 saturated heterocycles. The number of halogens is 3. The predicted molar refractivity (Wildman–Crippen MR) is 90.2 cm³/mol. The summed E-state index contributed by atoms with van der Waals surface area (Å²) in [4.78, 5) is 8.11. The number of H-pyrrole nitrogens is 1. The molecule has 0 amide bonds. The van der Waals surface area contributed by atoms with E-state index in [1.807, 2.05) is 0 Å². The Bertz CT molecular complexity index is 1130. The van der Waals surface area contributed by atoms with Gasteiger partial charge in [-0.2, -0.15) is 10.1 Å². The lowest BCUT2D eigenvalue weighted by Gasteiger charge is -2.05. The van der Waals surface area contributed by atoms with Crippen molar-refractivity contribution in [1.29, 1.82) is 0 Å². The molecule has 0 saturated carbocycles. The van der Waals surface area contributed by atoms with Crippen molar-refractivity contribution >= 4 is 22.6 Å². The number of phenolic OH excluding ortho intramolecular Hbond substituents is 1. The molecular formula is C17H9ClF2N4O2. The van der Waals surface area contributed by atoms with Gasteiger partial charge >= 0.3 is 6.01 Å². The zero-order valence-electron chi connectivity index (χ0n) is 12.9. The van der Waals surface area contributed by atoms with E-state index >= 15 is 0 Å². The van der Waals surface area contributed by atoms with E-state index in [4.69, 9.17) is 16.3 Å². The Morgan fingerprint density at radius 1 is 1.12 bits per heavy atom. The van der Waals surface area contributed by atoms with Gasteiger partial charge in [-0.15, -0.1) is 0 Å². The Hall–Kier alpha value is -3.26. The van der Waals surface area contributed by atoms with Gasteiger partial charge in [0.05, 0.1) is 16.1 Å². The van der Waals surface area contributed by atoms with Crippen molar-refractivity contribution in [2.24, 2.45) is 0 Å². The van der Waals surface area contributed by atoms with Crippen LogP contribution in [0.4, 0.5) is 8.78 Å². The van der Waals surface area contributed by atoms with Crippen LogP contribution in [0.15, 0.2) is 42.6 Å². The number of fused-ring (bicyclic) bond motifs is 1. The highest BCUT2D eigenvalue weighted by Gasteiger charge is 2.15. The van der Waals surface area contributed by atoms with Gasteiger partial charge in [-0.05, 0) is 30.3 Å². The smallest absolute Gasteiger partial charge is 0.324 e. The molecule has 4 rings (SSSR count). The van der Waals surface area contributed by atoms with Gasteiger partial charge in [-0.1, -0.05) is 11.6 Å². The number of rotatable bonds is 3. The number of phenols is 1. The van der Waals surface area contributed by atoms with Crippen LogP contribution >= 0.6 is 11.6 Å². The Balaban J connectivity index is 1.72. The van der Waals surface area contributed by atoms with Crippen LogP contribution in [0.5, 0.6) is 17.5 Å². The molecule has 9 heteroatoms. The average Bonchev–Trinajstić information content (AvgIpc) is 3.02. The number of aromatic nitrogens is 4. The van der Waals surface area contributed by atoms with E-state index in [0.29, 0.717) is 27.7 Å². The van der Waals surface area contributed by atoms with Gasteiger partial charge in [-0.25, -0.2) is 13.8 Å². The van der Waals surface area contributed by atoms with Crippen molar-refractivity contribution in [2.75, 3.05) is 0 Å². The van der Waals surface area contributed by atoms with Gasteiger partial charge < -0.3 is 9.84 Å². The summed E-state index contributed by atoms with van der Waals surface area (Å²) in [6.07, 6.45) is 1.43. The van der Waals surface area contributed by atoms with Gasteiger partial charge in [0.1, 0.15) is 11.6 Å². The number of nitrogens with zero attached hydrogens (tertiary/aromatic N) is 3. The first kappa shape index (κ1) is 16.2. The molecule has 0 aliphatic heterocycles. The summed E-state index contributed by atoms with van der Waals surface area (Å²) in [5, 5.41) is 17.4. The van der Waals surface area contributed by atoms with Crippen LogP contribution in [0.2, 0.25) is 5.02 Å². The summed E-state index contributed by atoms with van der Waals surface area (Å²) in [6, 6.07) is 7.24. The Morgan fingerprint density at radius 2 is 1.96 bits per heavy atom. The van der Waals surface area contributed by atoms with Crippen LogP contribution in [0, 0.1) is 11.6 Å². The summed E-state index contributed by atoms with van der Waals surface area (Å²) in [5.74, 6) is -1.76. The van der Waals surface area contributed by atoms with Crippen LogP contribution in [-0.4, -0.2) is 25.3 Å². The molecule has 0 bridgehead atoms. The standard InChI is InChI=1S/C17H9ClF2N4O2/c18-12-3-2-9(25)6-10(12)15-11-7-21-17(22-16(11)24-23-15)26-14-4-1-8(19)5-13(14)20/h1-7,25H,(H,21,22,23,24). The molecule has 0 aliphatic rings. The average molecular weight is 375 g/mol. The second-order valence-electron chi connectivity index (χ2n) is 5.33. The molecule has 0 spiro atoms. The van der Waals surface area contributed by atoms with Crippen molar-refractivity contribution in [3.63, 3.8) is 0 Å². The third-order valence-electron chi connectivity index (χ3n) is 3.60. The zero-order chi connectivity index (χ0) is 18.3. The molecule has 2 aromatic carbocycles. The lowest BCUT2D eigenvalue weighted by Crippen LogP contribution is -1.94. The maximum Gasteiger partial charge on any atom is 0.324 e. The SMILES string of the molecule is Oc1ccc(Cl)c(-c2[nH]nc3nc(Oc4ccc(F)cc4F)ncc23)c1. The van der Waals surface area contributed by atoms with E-state index < -0.39 is 11.6 Å². The number of aromatic amines is 1. The number of aromatic hydroxyl groups is 1. The van der Waals surface area contributed by atoms with Crippen molar-refractivity contribution in [2.45, 2.75) is 0 Å². The highest BCUT2D eigenvalue weighted by molar-refractivity contribution is 6.33. The summed E-state index contributed by atoms with van der Waals surface area (Å²) in [5.41, 5.74) is 1.29. The van der Waals surface area contributed by atoms with Crippen molar-refractivity contribution in [3.05, 3.63) is 59.3 Å². The summed E-state index contributed by atoms with van der Waals surface area (Å²) < 4.78 is 31.9. The number of hydrogen-bond donors (Lipinski definition) is 2. The number of benzene rings is 2. The third kappa shape index (κ3) is 2.91. The van der Waals surface area contributed by atoms with E-state index in [9.17, 15) is 13.9 Å². The van der Waals surface area contributed by atoms with Gasteiger partial charge in [-0.3, -0.25) is 5.10 Å². The fourth-order valence-corrected chi connectivity index (χ4v) is 2.62. The van der Waals surface area contributed by atoms with E-state index in [1.54, 1.807) is 6.07 Å². The Morgan fingerprint density at radius 3 is 2.77 bits per heavy atom. The summed E-state index contributed by atoms with van der Waals surface area (Å²) in [7, 11) is 0. The lowest BCUT2D eigenvalue weighted by molar-refractivity contribution is 0.409. The van der Waals surface area contributed by atoms with E-state index in [-0.39, 0.29) is 23.2 Å². The zero-order valence-corrected chi connectivity index (χ0v) is 13.6. The highest BCUT2D eigenvalue weighted by Crippen LogP contribution is 2.34. The molecular weight excluding hydrogens is 366 g/mol. The molecule has 4 aromatic rings. The minimum absolute atomic E-state index is 0.0415. The van der Waals surface area contributed by atoms with E-state index in [2.05, 4.69) is 20.2 Å². The largest absolute Gasteiger partial charge is 0.508 e. The van der Waals surface area contributed by atoms with Gasteiger partial charge in [0.2, 0.25) is 0 Å². The first-order valence-electron chi connectivity index (χ1n) is 7.34. The first-order valence-corrected chi connectivity index (χ1v) is 7.72. The van der Waals surface area contributed by atoms with Gasteiger partial charge in [0, 0.05) is 17.8 Å². The third-order valence-corrected chi connectivity index (χ3v) is 3.93. The van der Waals surface area contributed by atoms with E-state index in [0.717, 1.165) is 12.1 Å². The second kappa shape index (κ2) is 6.23. The summed E-state index contributed by atoms with van der Waals surface area (Å²) >= 11 is 6.16. The van der Waals surface area contributed by atoms with Crippen LogP contribution in [0.25, 0.3) is 22.3 Å². The lowest BCUT2D eigenvalue weighted by atomic mass is 10.1. The van der Waals surface area contributed by atoms with Gasteiger partial charge in [0.15, 0.2) is 17.2 Å². The molecule has 6 nitrogen and oxygen atoms in total. The maximum atomic E-state index is 13.7. The van der Waals surface area contributed by atoms with E-state index in [1.165, 1.54) is 18.3 Å². The van der Waals surface area contributed by atoms with Gasteiger partial charge in [0.25, 0.3) is 0 Å². The molecule has 130 valence electrons. The fraction of sp³-hybridized carbons (Fsp3) is 0. The number of ether oxygens (including phenoxy) is 1. The topological polar surface area (TPSA) is 83.9 Å². The van der Waals surface area contributed by atoms with Crippen molar-refractivity contribution in [1.82, 2.24) is 20.2 Å². The maximum absolute atomic E-state index is 13.7. The molecule has 0 fully saturated rings. The quantitative estimate of drug-likeness (QED) is 0.553. The minimum atomic E-state index is -0.872. The summed E-state index contributed by atoms with van der Waals surface area (Å²) in [6.45, 7) is 0. The van der Waals surface area contributed by atoms with Crippen LogP contribution in [-0.2, 0) is 0 Å². The normalized spacial score (nSPS) is 11.0. The highest BCUT2D eigenvalue weighted by atomic mass is 35.5. The van der Waals surface area contributed by atoms with Crippen LogP contribution in [0.1, 0.15) is 0 Å². The molecule has 0 aliphatic carbocycles. The molecule has 0 atom stereocenters. The molecule has 26 heavy (non-hydrogen) atoms. The molecule has 2 N–H and O–H groups in total. The Kier molecular flexibility index (Phi) is 3.89. The number of nitrogens with one attached hydrogen (secondary N) is 1.